The van der Waals surface area contributed by atoms with Gasteiger partial charge in [-0.2, -0.15) is 0 Å². The van der Waals surface area contributed by atoms with Crippen molar-refractivity contribution in [2.45, 2.75) is 43.9 Å². The normalized spacial score (nSPS) is 28.9. The van der Waals surface area contributed by atoms with Gasteiger partial charge in [-0.15, -0.1) is 0 Å². The zero-order chi connectivity index (χ0) is 18.8. The highest BCUT2D eigenvalue weighted by Gasteiger charge is 2.43. The highest BCUT2D eigenvalue weighted by Crippen LogP contribution is 2.33. The molecule has 0 aromatic heterocycles. The van der Waals surface area contributed by atoms with Crippen LogP contribution in [0.1, 0.15) is 28.4 Å². The Bertz CT molecular complexity index is 742. The fourth-order valence-corrected chi connectivity index (χ4v) is 3.27. The first-order valence-corrected chi connectivity index (χ1v) is 8.58. The number of ether oxygens (including phenoxy) is 1. The molecule has 0 unspecified atom stereocenters. The van der Waals surface area contributed by atoms with Gasteiger partial charge in [0.1, 0.15) is 36.3 Å². The molecule has 2 aromatic carbocycles. The molecule has 26 heavy (non-hydrogen) atoms. The molecule has 6 heteroatoms. The van der Waals surface area contributed by atoms with E-state index in [0.29, 0.717) is 12.0 Å². The maximum absolute atomic E-state index is 10.3. The highest BCUT2D eigenvalue weighted by molar-refractivity contribution is 5.38. The molecule has 1 saturated heterocycles. The third-order valence-electron chi connectivity index (χ3n) is 4.92. The summed E-state index contributed by atoms with van der Waals surface area (Å²) in [6.07, 6.45) is -5.19. The van der Waals surface area contributed by atoms with Crippen LogP contribution < -0.4 is 0 Å². The number of rotatable bonds is 4. The summed E-state index contributed by atoms with van der Waals surface area (Å²) in [5.41, 5.74) is 3.77. The van der Waals surface area contributed by atoms with Gasteiger partial charge in [0, 0.05) is 0 Å². The van der Waals surface area contributed by atoms with E-state index in [0.717, 1.165) is 16.7 Å². The lowest BCUT2D eigenvalue weighted by Gasteiger charge is -2.40. The monoisotopic (exact) mass is 360 g/mol. The van der Waals surface area contributed by atoms with E-state index in [-0.39, 0.29) is 5.75 Å². The van der Waals surface area contributed by atoms with Crippen LogP contribution in [0.4, 0.5) is 0 Å². The Labute approximate surface area is 151 Å². The molecule has 1 aliphatic heterocycles. The number of hydrogen-bond acceptors (Lipinski definition) is 6. The summed E-state index contributed by atoms with van der Waals surface area (Å²) in [6, 6.07) is 12.6. The van der Waals surface area contributed by atoms with Crippen LogP contribution in [-0.4, -0.2) is 56.6 Å². The van der Waals surface area contributed by atoms with Crippen molar-refractivity contribution >= 4 is 0 Å². The summed E-state index contributed by atoms with van der Waals surface area (Å²) >= 11 is 0. The fraction of sp³-hybridized carbons (Fsp3) is 0.400. The molecule has 6 nitrogen and oxygen atoms in total. The highest BCUT2D eigenvalue weighted by atomic mass is 16.5. The molecule has 5 N–H and O–H groups in total. The average molecular weight is 360 g/mol. The topological polar surface area (TPSA) is 110 Å². The Morgan fingerprint density at radius 2 is 1.62 bits per heavy atom. The Morgan fingerprint density at radius 3 is 2.27 bits per heavy atom. The fourth-order valence-electron chi connectivity index (χ4n) is 3.27. The number of phenolic OH excluding ortho intramolecular Hbond substituents is 1. The van der Waals surface area contributed by atoms with E-state index in [1.165, 1.54) is 0 Å². The SMILES string of the molecule is Cc1ccc([C@@H]2O[C@H](CO)[C@@H](O)[C@H](O)[C@H]2O)cc1Cc1ccc(O)cc1. The van der Waals surface area contributed by atoms with Gasteiger partial charge in [-0.25, -0.2) is 0 Å². The second-order valence-corrected chi connectivity index (χ2v) is 6.78. The van der Waals surface area contributed by atoms with Crippen molar-refractivity contribution < 1.29 is 30.3 Å². The van der Waals surface area contributed by atoms with Gasteiger partial charge in [-0.1, -0.05) is 30.3 Å². The van der Waals surface area contributed by atoms with Gasteiger partial charge in [-0.3, -0.25) is 0 Å². The molecule has 0 saturated carbocycles. The van der Waals surface area contributed by atoms with E-state index in [1.54, 1.807) is 12.1 Å². The van der Waals surface area contributed by atoms with Crippen molar-refractivity contribution in [2.24, 2.45) is 0 Å². The van der Waals surface area contributed by atoms with Gasteiger partial charge >= 0.3 is 0 Å². The van der Waals surface area contributed by atoms with Crippen LogP contribution in [0.5, 0.6) is 5.75 Å². The van der Waals surface area contributed by atoms with Gasteiger partial charge in [0.25, 0.3) is 0 Å². The number of phenols is 1. The van der Waals surface area contributed by atoms with Crippen LogP contribution in [0.25, 0.3) is 0 Å². The van der Waals surface area contributed by atoms with Crippen LogP contribution in [-0.2, 0) is 11.2 Å². The number of hydrogen-bond donors (Lipinski definition) is 5. The number of aliphatic hydroxyl groups is 4. The van der Waals surface area contributed by atoms with Gasteiger partial charge < -0.3 is 30.3 Å². The van der Waals surface area contributed by atoms with Gasteiger partial charge in [0.05, 0.1) is 6.61 Å². The number of aromatic hydroxyl groups is 1. The van der Waals surface area contributed by atoms with Crippen molar-refractivity contribution in [3.63, 3.8) is 0 Å². The largest absolute Gasteiger partial charge is 0.508 e. The summed E-state index contributed by atoms with van der Waals surface area (Å²) < 4.78 is 5.63. The summed E-state index contributed by atoms with van der Waals surface area (Å²) in [5.74, 6) is 0.209. The smallest absolute Gasteiger partial charge is 0.115 e. The molecule has 0 aliphatic carbocycles. The molecule has 0 spiro atoms. The van der Waals surface area contributed by atoms with Gasteiger partial charge in [0.2, 0.25) is 0 Å². The van der Waals surface area contributed by atoms with E-state index in [4.69, 9.17) is 4.74 Å². The second kappa shape index (κ2) is 7.73. The van der Waals surface area contributed by atoms with Crippen molar-refractivity contribution in [2.75, 3.05) is 6.61 Å². The van der Waals surface area contributed by atoms with Crippen LogP contribution in [0.15, 0.2) is 42.5 Å². The third kappa shape index (κ3) is 3.75. The molecule has 140 valence electrons. The van der Waals surface area contributed by atoms with E-state index >= 15 is 0 Å². The summed E-state index contributed by atoms with van der Waals surface area (Å²) in [5, 5.41) is 49.0. The first kappa shape index (κ1) is 18.8. The summed E-state index contributed by atoms with van der Waals surface area (Å²) in [7, 11) is 0. The number of benzene rings is 2. The molecule has 1 heterocycles. The molecule has 0 bridgehead atoms. The molecule has 0 radical (unpaired) electrons. The molecular formula is C20H24O6. The average Bonchev–Trinajstić information content (AvgIpc) is 2.64. The lowest BCUT2D eigenvalue weighted by atomic mass is 9.89. The molecule has 1 aliphatic rings. The Balaban J connectivity index is 1.87. The Morgan fingerprint density at radius 1 is 0.923 bits per heavy atom. The second-order valence-electron chi connectivity index (χ2n) is 6.78. The Kier molecular flexibility index (Phi) is 5.60. The standard InChI is InChI=1S/C20H24O6/c1-11-2-5-13(9-14(11)8-12-3-6-15(22)7-4-12)20-19(25)18(24)17(23)16(10-21)26-20/h2-7,9,16-25H,8,10H2,1H3/t16-,17-,18+,19-,20+/m1/s1. The van der Waals surface area contributed by atoms with E-state index < -0.39 is 37.1 Å². The first-order chi connectivity index (χ1) is 12.4. The van der Waals surface area contributed by atoms with Crippen LogP contribution in [0.3, 0.4) is 0 Å². The van der Waals surface area contributed by atoms with E-state index in [1.807, 2.05) is 37.3 Å². The molecule has 1 fully saturated rings. The summed E-state index contributed by atoms with van der Waals surface area (Å²) in [6.45, 7) is 1.53. The van der Waals surface area contributed by atoms with E-state index in [9.17, 15) is 25.5 Å². The minimum atomic E-state index is -1.40. The van der Waals surface area contributed by atoms with Crippen LogP contribution in [0, 0.1) is 6.92 Å². The summed E-state index contributed by atoms with van der Waals surface area (Å²) in [4.78, 5) is 0. The predicted octanol–water partition coefficient (Wildman–Crippen LogP) is 0.806. The molecule has 0 amide bonds. The quantitative estimate of drug-likeness (QED) is 0.552. The first-order valence-electron chi connectivity index (χ1n) is 8.58. The lowest BCUT2D eigenvalue weighted by molar-refractivity contribution is -0.231. The lowest BCUT2D eigenvalue weighted by Crippen LogP contribution is -2.55. The third-order valence-corrected chi connectivity index (χ3v) is 4.92. The molecular weight excluding hydrogens is 336 g/mol. The molecule has 3 rings (SSSR count). The van der Waals surface area contributed by atoms with Crippen LogP contribution >= 0.6 is 0 Å². The maximum atomic E-state index is 10.3. The Hall–Kier alpha value is -1.96. The van der Waals surface area contributed by atoms with Gasteiger partial charge in [-0.05, 0) is 47.7 Å². The van der Waals surface area contributed by atoms with Crippen molar-refractivity contribution in [1.29, 1.82) is 0 Å². The zero-order valence-corrected chi connectivity index (χ0v) is 14.5. The predicted molar refractivity (Wildman–Crippen MR) is 94.8 cm³/mol. The minimum absolute atomic E-state index is 0.209. The van der Waals surface area contributed by atoms with Crippen LogP contribution in [0.2, 0.25) is 0 Å². The number of aliphatic hydroxyl groups excluding tert-OH is 4. The van der Waals surface area contributed by atoms with Gasteiger partial charge in [0.15, 0.2) is 0 Å². The van der Waals surface area contributed by atoms with Crippen molar-refractivity contribution in [3.8, 4) is 5.75 Å². The minimum Gasteiger partial charge on any atom is -0.508 e. The maximum Gasteiger partial charge on any atom is 0.115 e. The molecule has 5 atom stereocenters. The van der Waals surface area contributed by atoms with Crippen molar-refractivity contribution in [1.82, 2.24) is 0 Å². The zero-order valence-electron chi connectivity index (χ0n) is 14.5. The molecule has 2 aromatic rings. The number of aryl methyl sites for hydroxylation is 1. The van der Waals surface area contributed by atoms with E-state index in [2.05, 4.69) is 0 Å². The van der Waals surface area contributed by atoms with Crippen molar-refractivity contribution in [3.05, 3.63) is 64.7 Å².